The molecule has 1 fully saturated rings. The molecule has 13 heteroatoms. The van der Waals surface area contributed by atoms with E-state index in [1.54, 1.807) is 26.0 Å². The topological polar surface area (TPSA) is 171 Å². The molecule has 3 aromatic rings. The van der Waals surface area contributed by atoms with Crippen LogP contribution < -0.4 is 25.4 Å². The maximum absolute atomic E-state index is 12.8. The molecule has 1 atom stereocenters. The van der Waals surface area contributed by atoms with E-state index in [2.05, 4.69) is 21.9 Å². The number of ether oxygens (including phenoxy) is 1. The molecule has 1 saturated heterocycles. The molecule has 1 aliphatic heterocycles. The van der Waals surface area contributed by atoms with Gasteiger partial charge >= 0.3 is 5.97 Å². The van der Waals surface area contributed by atoms with Gasteiger partial charge in [0.2, 0.25) is 0 Å². The summed E-state index contributed by atoms with van der Waals surface area (Å²) < 4.78 is 34.6. The molecule has 3 aromatic carbocycles. The van der Waals surface area contributed by atoms with Crippen molar-refractivity contribution in [1.29, 1.82) is 0 Å². The minimum atomic E-state index is -3.95. The molecular formula is C33H37N5O7S. The van der Waals surface area contributed by atoms with Gasteiger partial charge in [-0.05, 0) is 53.9 Å². The molecule has 12 nitrogen and oxygen atoms in total. The molecule has 0 radical (unpaired) electrons. The molecular weight excluding hydrogens is 610 g/mol. The first kappa shape index (κ1) is 34.0. The van der Waals surface area contributed by atoms with Gasteiger partial charge in [0, 0.05) is 49.5 Å². The monoisotopic (exact) mass is 647 g/mol. The maximum Gasteiger partial charge on any atom is 0.322 e. The van der Waals surface area contributed by atoms with E-state index in [4.69, 9.17) is 10.5 Å². The second kappa shape index (κ2) is 15.4. The van der Waals surface area contributed by atoms with Gasteiger partial charge in [-0.15, -0.1) is 0 Å². The van der Waals surface area contributed by atoms with Crippen molar-refractivity contribution in [1.82, 2.24) is 14.3 Å². The zero-order chi connectivity index (χ0) is 33.3. The summed E-state index contributed by atoms with van der Waals surface area (Å²) >= 11 is 0. The number of carbonyl (C=O) groups excluding carboxylic acids is 2. The van der Waals surface area contributed by atoms with Crippen LogP contribution in [0, 0.1) is 17.8 Å². The highest BCUT2D eigenvalue weighted by Crippen LogP contribution is 2.21. The van der Waals surface area contributed by atoms with Crippen molar-refractivity contribution in [3.05, 3.63) is 95.1 Å². The summed E-state index contributed by atoms with van der Waals surface area (Å²) in [4.78, 5) is 37.8. The number of aliphatic carboxylic acids is 1. The number of anilines is 1. The smallest absolute Gasteiger partial charge is 0.322 e. The van der Waals surface area contributed by atoms with E-state index in [0.717, 1.165) is 16.8 Å². The first-order valence-corrected chi connectivity index (χ1v) is 16.1. The van der Waals surface area contributed by atoms with Gasteiger partial charge < -0.3 is 25.8 Å². The Morgan fingerprint density at radius 3 is 2.17 bits per heavy atom. The molecule has 46 heavy (non-hydrogen) atoms. The first-order valence-electron chi connectivity index (χ1n) is 14.7. The maximum atomic E-state index is 12.8. The van der Waals surface area contributed by atoms with E-state index in [-0.39, 0.29) is 36.9 Å². The predicted octanol–water partition coefficient (Wildman–Crippen LogP) is 1.95. The highest BCUT2D eigenvalue weighted by molar-refractivity contribution is 7.87. The first-order chi connectivity index (χ1) is 21.9. The molecule has 0 spiro atoms. The molecule has 2 amide bonds. The molecule has 1 aliphatic rings. The molecule has 5 N–H and O–H groups in total. The number of primary amides is 1. The Hall–Kier alpha value is -4.90. The van der Waals surface area contributed by atoms with Gasteiger partial charge in [0.05, 0.1) is 5.56 Å². The van der Waals surface area contributed by atoms with Crippen molar-refractivity contribution in [3.63, 3.8) is 0 Å². The lowest BCUT2D eigenvalue weighted by atomic mass is 10.1. The number of amides is 2. The van der Waals surface area contributed by atoms with Crippen LogP contribution in [-0.4, -0.2) is 74.4 Å². The molecule has 0 unspecified atom stereocenters. The highest BCUT2D eigenvalue weighted by atomic mass is 32.2. The Balaban J connectivity index is 1.32. The third-order valence-corrected chi connectivity index (χ3v) is 8.90. The van der Waals surface area contributed by atoms with Gasteiger partial charge in [-0.25, -0.2) is 0 Å². The van der Waals surface area contributed by atoms with Crippen molar-refractivity contribution < 1.29 is 32.6 Å². The number of benzene rings is 3. The van der Waals surface area contributed by atoms with Gasteiger partial charge in [0.25, 0.3) is 22.0 Å². The standard InChI is InChI=1S/C33H37N5O7S/c1-23(2)31(33(41)42)36-46(43,44)38-18-16-37(17-19-38)27-13-10-24(11-14-27)8-9-25-12-15-29(28(20-25)32(34)40)45-22-30(39)35-21-26-6-4-3-5-7-26/h3-7,10-15,20,23,31,36H,16-19,21-22H2,1-2H3,(H2,34,40)(H,35,39)(H,41,42)/t31-/m1/s1. The van der Waals surface area contributed by atoms with E-state index in [1.165, 1.54) is 10.4 Å². The Kier molecular flexibility index (Phi) is 11.4. The summed E-state index contributed by atoms with van der Waals surface area (Å²) in [5, 5.41) is 12.1. The van der Waals surface area contributed by atoms with Gasteiger partial charge in [0.15, 0.2) is 6.61 Å². The van der Waals surface area contributed by atoms with Crippen molar-refractivity contribution in [2.24, 2.45) is 11.7 Å². The average molecular weight is 648 g/mol. The second-order valence-corrected chi connectivity index (χ2v) is 12.7. The summed E-state index contributed by atoms with van der Waals surface area (Å²) in [5.74, 6) is 3.58. The summed E-state index contributed by atoms with van der Waals surface area (Å²) in [5.41, 5.74) is 8.77. The van der Waals surface area contributed by atoms with Gasteiger partial charge in [-0.2, -0.15) is 17.4 Å². The van der Waals surface area contributed by atoms with Crippen LogP contribution in [0.15, 0.2) is 72.8 Å². The minimum Gasteiger partial charge on any atom is -0.483 e. The fraction of sp³-hybridized carbons (Fsp3) is 0.303. The summed E-state index contributed by atoms with van der Waals surface area (Å²) in [6, 6.07) is 20.5. The second-order valence-electron chi connectivity index (χ2n) is 11.0. The molecule has 4 rings (SSSR count). The van der Waals surface area contributed by atoms with Crippen LogP contribution in [0.25, 0.3) is 0 Å². The number of hydrogen-bond donors (Lipinski definition) is 4. The van der Waals surface area contributed by atoms with Crippen LogP contribution in [0.3, 0.4) is 0 Å². The normalized spacial score (nSPS) is 14.2. The van der Waals surface area contributed by atoms with Crippen LogP contribution >= 0.6 is 0 Å². The van der Waals surface area contributed by atoms with Gasteiger partial charge in [-0.3, -0.25) is 14.4 Å². The number of hydrogen-bond acceptors (Lipinski definition) is 7. The summed E-state index contributed by atoms with van der Waals surface area (Å²) in [7, 11) is -3.95. The minimum absolute atomic E-state index is 0.108. The van der Waals surface area contributed by atoms with Crippen molar-refractivity contribution >= 4 is 33.7 Å². The Morgan fingerprint density at radius 2 is 1.57 bits per heavy atom. The lowest BCUT2D eigenvalue weighted by Gasteiger charge is -2.36. The van der Waals surface area contributed by atoms with Crippen LogP contribution in [0.5, 0.6) is 5.75 Å². The molecule has 242 valence electrons. The third kappa shape index (κ3) is 9.31. The van der Waals surface area contributed by atoms with E-state index in [9.17, 15) is 27.9 Å². The Morgan fingerprint density at radius 1 is 0.935 bits per heavy atom. The van der Waals surface area contributed by atoms with E-state index in [1.807, 2.05) is 59.5 Å². The lowest BCUT2D eigenvalue weighted by molar-refractivity contribution is -0.140. The number of piperazine rings is 1. The lowest BCUT2D eigenvalue weighted by Crippen LogP contribution is -2.55. The third-order valence-electron chi connectivity index (χ3n) is 7.31. The number of nitrogens with zero attached hydrogens (tertiary/aromatic N) is 2. The number of rotatable bonds is 12. The Labute approximate surface area is 268 Å². The van der Waals surface area contributed by atoms with Crippen LogP contribution in [0.4, 0.5) is 5.69 Å². The van der Waals surface area contributed by atoms with Crippen molar-refractivity contribution in [2.45, 2.75) is 26.4 Å². The fourth-order valence-electron chi connectivity index (χ4n) is 4.71. The molecule has 0 aliphatic carbocycles. The van der Waals surface area contributed by atoms with E-state index >= 15 is 0 Å². The zero-order valence-electron chi connectivity index (χ0n) is 25.6. The van der Waals surface area contributed by atoms with Crippen LogP contribution in [0.1, 0.15) is 40.9 Å². The zero-order valence-corrected chi connectivity index (χ0v) is 26.4. The number of nitrogens with one attached hydrogen (secondary N) is 2. The van der Waals surface area contributed by atoms with Crippen LogP contribution in [-0.2, 0) is 26.3 Å². The van der Waals surface area contributed by atoms with Crippen LogP contribution in [0.2, 0.25) is 0 Å². The summed E-state index contributed by atoms with van der Waals surface area (Å²) in [6.07, 6.45) is 0. The molecule has 0 aromatic heterocycles. The fourth-order valence-corrected chi connectivity index (χ4v) is 6.20. The predicted molar refractivity (Wildman–Crippen MR) is 173 cm³/mol. The highest BCUT2D eigenvalue weighted by Gasteiger charge is 2.33. The van der Waals surface area contributed by atoms with E-state index < -0.39 is 34.0 Å². The number of nitrogens with two attached hydrogens (primary N) is 1. The van der Waals surface area contributed by atoms with Gasteiger partial charge in [0.1, 0.15) is 11.8 Å². The molecule has 0 saturated carbocycles. The SMILES string of the molecule is CC(C)[C@@H](NS(=O)(=O)N1CCN(c2ccc(C#Cc3ccc(OCC(=O)NCc4ccccc4)c(C(N)=O)c3)cc2)CC1)C(=O)O. The Bertz CT molecular complexity index is 1710. The van der Waals surface area contributed by atoms with Gasteiger partial charge in [-0.1, -0.05) is 56.0 Å². The van der Waals surface area contributed by atoms with E-state index in [0.29, 0.717) is 25.2 Å². The van der Waals surface area contributed by atoms with Crippen molar-refractivity contribution in [2.75, 3.05) is 37.7 Å². The number of carboxylic acid groups (broad SMARTS) is 1. The summed E-state index contributed by atoms with van der Waals surface area (Å²) in [6.45, 7) is 4.66. The number of carboxylic acids is 1. The largest absolute Gasteiger partial charge is 0.483 e. The van der Waals surface area contributed by atoms with Crippen molar-refractivity contribution in [3.8, 4) is 17.6 Å². The average Bonchev–Trinajstić information content (AvgIpc) is 3.05. The molecule has 0 bridgehead atoms. The quantitative estimate of drug-likeness (QED) is 0.216. The number of carbonyl (C=O) groups is 3. The molecule has 1 heterocycles.